The fourth-order valence-electron chi connectivity index (χ4n) is 2.23. The van der Waals surface area contributed by atoms with Crippen LogP contribution in [0.25, 0.3) is 10.9 Å². The number of hydrogen-bond donors (Lipinski definition) is 1. The Labute approximate surface area is 114 Å². The first-order chi connectivity index (χ1) is 8.83. The van der Waals surface area contributed by atoms with Crippen molar-refractivity contribution in [2.75, 3.05) is 13.1 Å². The number of benzene rings is 1. The molecule has 98 valence electrons. The third-order valence-corrected chi connectivity index (χ3v) is 3.53. The lowest BCUT2D eigenvalue weighted by molar-refractivity contribution is 0.577. The van der Waals surface area contributed by atoms with Gasteiger partial charge >= 0.3 is 0 Å². The average Bonchev–Trinajstić information content (AvgIpc) is 2.78. The van der Waals surface area contributed by atoms with Gasteiger partial charge in [0.2, 0.25) is 0 Å². The largest absolute Gasteiger partial charge is 0.345 e. The summed E-state index contributed by atoms with van der Waals surface area (Å²) in [6.07, 6.45) is 5.97. The van der Waals surface area contributed by atoms with Crippen molar-refractivity contribution in [2.45, 2.75) is 32.7 Å². The SMILES string of the molecule is CCCCCNCCn1ccc2cccc(Cl)c21. The predicted octanol–water partition coefficient (Wildman–Crippen LogP) is 4.07. The molecule has 2 rings (SSSR count). The standard InChI is InChI=1S/C15H21ClN2/c1-2-3-4-9-17-10-12-18-11-8-13-6-5-7-14(16)15(13)18/h5-8,11,17H,2-4,9-10,12H2,1H3. The quantitative estimate of drug-likeness (QED) is 0.746. The van der Waals surface area contributed by atoms with Crippen LogP contribution in [0.4, 0.5) is 0 Å². The summed E-state index contributed by atoms with van der Waals surface area (Å²) in [5.41, 5.74) is 1.15. The molecule has 0 atom stereocenters. The first-order valence-electron chi connectivity index (χ1n) is 6.77. The van der Waals surface area contributed by atoms with E-state index in [2.05, 4.69) is 35.1 Å². The minimum atomic E-state index is 0.837. The van der Waals surface area contributed by atoms with Crippen LogP contribution in [-0.4, -0.2) is 17.7 Å². The van der Waals surface area contributed by atoms with Gasteiger partial charge < -0.3 is 9.88 Å². The van der Waals surface area contributed by atoms with Crippen LogP contribution in [0.1, 0.15) is 26.2 Å². The molecule has 0 spiro atoms. The first-order valence-corrected chi connectivity index (χ1v) is 7.15. The number of unbranched alkanes of at least 4 members (excludes halogenated alkanes) is 2. The highest BCUT2D eigenvalue weighted by Gasteiger charge is 2.03. The zero-order valence-electron chi connectivity index (χ0n) is 11.0. The Kier molecular flexibility index (Phi) is 5.09. The Morgan fingerprint density at radius 3 is 2.89 bits per heavy atom. The third kappa shape index (κ3) is 3.27. The lowest BCUT2D eigenvalue weighted by Gasteiger charge is -2.08. The second kappa shape index (κ2) is 6.81. The van der Waals surface area contributed by atoms with E-state index in [1.165, 1.54) is 24.6 Å². The van der Waals surface area contributed by atoms with E-state index in [0.717, 1.165) is 30.2 Å². The summed E-state index contributed by atoms with van der Waals surface area (Å²) in [6.45, 7) is 5.31. The second-order valence-corrected chi connectivity index (χ2v) is 5.05. The van der Waals surface area contributed by atoms with E-state index >= 15 is 0 Å². The summed E-state index contributed by atoms with van der Waals surface area (Å²) >= 11 is 6.24. The van der Waals surface area contributed by atoms with Crippen molar-refractivity contribution >= 4 is 22.5 Å². The molecule has 1 heterocycles. The molecular weight excluding hydrogens is 244 g/mol. The van der Waals surface area contributed by atoms with E-state index in [1.54, 1.807) is 0 Å². The van der Waals surface area contributed by atoms with Crippen LogP contribution in [0.2, 0.25) is 5.02 Å². The number of nitrogens with one attached hydrogen (secondary N) is 1. The van der Waals surface area contributed by atoms with Gasteiger partial charge in [-0.2, -0.15) is 0 Å². The zero-order valence-corrected chi connectivity index (χ0v) is 11.7. The van der Waals surface area contributed by atoms with Crippen LogP contribution in [-0.2, 0) is 6.54 Å². The van der Waals surface area contributed by atoms with Crippen LogP contribution in [0.3, 0.4) is 0 Å². The Morgan fingerprint density at radius 1 is 1.17 bits per heavy atom. The van der Waals surface area contributed by atoms with Gasteiger partial charge in [-0.1, -0.05) is 43.5 Å². The molecular formula is C15H21ClN2. The van der Waals surface area contributed by atoms with Gasteiger partial charge in [0.05, 0.1) is 10.5 Å². The topological polar surface area (TPSA) is 17.0 Å². The van der Waals surface area contributed by atoms with Gasteiger partial charge in [-0.05, 0) is 25.1 Å². The number of rotatable bonds is 7. The minimum absolute atomic E-state index is 0.837. The maximum absolute atomic E-state index is 6.24. The van der Waals surface area contributed by atoms with Crippen molar-refractivity contribution in [1.29, 1.82) is 0 Å². The van der Waals surface area contributed by atoms with Crippen LogP contribution < -0.4 is 5.32 Å². The summed E-state index contributed by atoms with van der Waals surface area (Å²) in [6, 6.07) is 8.18. The number of fused-ring (bicyclic) bond motifs is 1. The summed E-state index contributed by atoms with van der Waals surface area (Å²) in [5.74, 6) is 0. The van der Waals surface area contributed by atoms with Crippen molar-refractivity contribution < 1.29 is 0 Å². The van der Waals surface area contributed by atoms with Crippen LogP contribution >= 0.6 is 11.6 Å². The molecule has 1 N–H and O–H groups in total. The molecule has 2 aromatic rings. The first kappa shape index (κ1) is 13.4. The average molecular weight is 265 g/mol. The smallest absolute Gasteiger partial charge is 0.0670 e. The Hall–Kier alpha value is -0.990. The molecule has 1 aromatic carbocycles. The lowest BCUT2D eigenvalue weighted by atomic mass is 10.2. The zero-order chi connectivity index (χ0) is 12.8. The number of hydrogen-bond acceptors (Lipinski definition) is 1. The summed E-state index contributed by atoms with van der Waals surface area (Å²) in [7, 11) is 0. The van der Waals surface area contributed by atoms with Gasteiger partial charge in [-0.3, -0.25) is 0 Å². The van der Waals surface area contributed by atoms with Gasteiger partial charge in [-0.25, -0.2) is 0 Å². The van der Waals surface area contributed by atoms with Crippen molar-refractivity contribution in [3.8, 4) is 0 Å². The normalized spacial score (nSPS) is 11.2. The van der Waals surface area contributed by atoms with E-state index in [4.69, 9.17) is 11.6 Å². The van der Waals surface area contributed by atoms with Crippen LogP contribution in [0.5, 0.6) is 0 Å². The van der Waals surface area contributed by atoms with Gasteiger partial charge in [0.15, 0.2) is 0 Å². The minimum Gasteiger partial charge on any atom is -0.345 e. The van der Waals surface area contributed by atoms with Crippen molar-refractivity contribution in [1.82, 2.24) is 9.88 Å². The maximum atomic E-state index is 6.24. The number of halogens is 1. The van der Waals surface area contributed by atoms with Crippen molar-refractivity contribution in [3.05, 3.63) is 35.5 Å². The van der Waals surface area contributed by atoms with E-state index in [9.17, 15) is 0 Å². The Morgan fingerprint density at radius 2 is 2.06 bits per heavy atom. The van der Waals surface area contributed by atoms with Gasteiger partial charge in [0.25, 0.3) is 0 Å². The van der Waals surface area contributed by atoms with E-state index in [-0.39, 0.29) is 0 Å². The maximum Gasteiger partial charge on any atom is 0.0670 e. The molecule has 0 aliphatic heterocycles. The molecule has 1 aromatic heterocycles. The van der Waals surface area contributed by atoms with Crippen molar-refractivity contribution in [3.63, 3.8) is 0 Å². The van der Waals surface area contributed by atoms with Gasteiger partial charge in [0, 0.05) is 24.7 Å². The summed E-state index contributed by atoms with van der Waals surface area (Å²) < 4.78 is 2.23. The highest BCUT2D eigenvalue weighted by Crippen LogP contribution is 2.23. The molecule has 0 bridgehead atoms. The van der Waals surface area contributed by atoms with Gasteiger partial charge in [0.1, 0.15) is 0 Å². The van der Waals surface area contributed by atoms with E-state index in [0.29, 0.717) is 0 Å². The summed E-state index contributed by atoms with van der Waals surface area (Å²) in [5, 5.41) is 5.53. The second-order valence-electron chi connectivity index (χ2n) is 4.64. The molecule has 0 saturated heterocycles. The number of nitrogens with zero attached hydrogens (tertiary/aromatic N) is 1. The fraction of sp³-hybridized carbons (Fsp3) is 0.467. The van der Waals surface area contributed by atoms with Crippen molar-refractivity contribution in [2.24, 2.45) is 0 Å². The molecule has 2 nitrogen and oxygen atoms in total. The monoisotopic (exact) mass is 264 g/mol. The van der Waals surface area contributed by atoms with Crippen LogP contribution in [0.15, 0.2) is 30.5 Å². The predicted molar refractivity (Wildman–Crippen MR) is 79.3 cm³/mol. The number of aromatic nitrogens is 1. The highest BCUT2D eigenvalue weighted by molar-refractivity contribution is 6.35. The Balaban J connectivity index is 1.88. The fourth-order valence-corrected chi connectivity index (χ4v) is 2.52. The molecule has 0 fully saturated rings. The summed E-state index contributed by atoms with van der Waals surface area (Å²) in [4.78, 5) is 0. The Bertz CT molecular complexity index is 490. The number of para-hydroxylation sites is 1. The highest BCUT2D eigenvalue weighted by atomic mass is 35.5. The lowest BCUT2D eigenvalue weighted by Crippen LogP contribution is -2.20. The third-order valence-electron chi connectivity index (χ3n) is 3.23. The molecule has 3 heteroatoms. The molecule has 0 aliphatic carbocycles. The van der Waals surface area contributed by atoms with Crippen LogP contribution in [0, 0.1) is 0 Å². The molecule has 0 unspecified atom stereocenters. The molecule has 0 saturated carbocycles. The molecule has 0 aliphatic rings. The molecule has 0 amide bonds. The van der Waals surface area contributed by atoms with E-state index in [1.807, 2.05) is 12.1 Å². The van der Waals surface area contributed by atoms with Gasteiger partial charge in [-0.15, -0.1) is 0 Å². The molecule has 18 heavy (non-hydrogen) atoms. The molecule has 0 radical (unpaired) electrons. The van der Waals surface area contributed by atoms with E-state index < -0.39 is 0 Å².